The van der Waals surface area contributed by atoms with Crippen LogP contribution in [0.2, 0.25) is 0 Å². The Morgan fingerprint density at radius 3 is 1.21 bits per heavy atom. The van der Waals surface area contributed by atoms with Crippen LogP contribution in [0, 0.1) is 5.92 Å². The Morgan fingerprint density at radius 1 is 0.483 bits per heavy atom. The molecule has 346 valence electrons. The number of carbonyl (C=O) groups excluding carboxylic acids is 1. The van der Waals surface area contributed by atoms with E-state index in [-0.39, 0.29) is 18.8 Å². The van der Waals surface area contributed by atoms with Crippen molar-refractivity contribution in [3.8, 4) is 0 Å². The maximum absolute atomic E-state index is 13.1. The van der Waals surface area contributed by atoms with E-state index in [4.69, 9.17) is 4.74 Å². The van der Waals surface area contributed by atoms with Gasteiger partial charge in [-0.05, 0) is 25.7 Å². The number of carbonyl (C=O) groups is 1. The van der Waals surface area contributed by atoms with Crippen LogP contribution >= 0.6 is 0 Å². The van der Waals surface area contributed by atoms with Gasteiger partial charge in [-0.3, -0.25) is 4.79 Å². The predicted octanol–water partition coefficient (Wildman–Crippen LogP) is 13.0. The summed E-state index contributed by atoms with van der Waals surface area (Å²) in [7, 11) is 0. The van der Waals surface area contributed by atoms with Gasteiger partial charge < -0.3 is 30.3 Å². The van der Waals surface area contributed by atoms with Gasteiger partial charge in [-0.15, -0.1) is 0 Å². The summed E-state index contributed by atoms with van der Waals surface area (Å²) in [5.41, 5.74) is 0. The van der Waals surface area contributed by atoms with Crippen LogP contribution < -0.4 is 0 Å². The number of rotatable bonds is 44. The SMILES string of the molecule is CCCCCCCCCCCCCCCCCCCCCCCCCC(=O)C[C@H](CO[C@H]1CC[C@H](O)[C@H](O)[C@H]1O)[C@@H](O)[C@@H](O)CCCCCCCCCCCCCC. The zero-order valence-corrected chi connectivity index (χ0v) is 38.6. The molecule has 0 heterocycles. The van der Waals surface area contributed by atoms with Crippen molar-refractivity contribution in [3.05, 3.63) is 0 Å². The zero-order chi connectivity index (χ0) is 42.3. The third kappa shape index (κ3) is 31.3. The van der Waals surface area contributed by atoms with Gasteiger partial charge in [-0.2, -0.15) is 0 Å². The molecule has 0 spiro atoms. The van der Waals surface area contributed by atoms with Gasteiger partial charge in [0.15, 0.2) is 0 Å². The van der Waals surface area contributed by atoms with Gasteiger partial charge in [-0.1, -0.05) is 232 Å². The maximum atomic E-state index is 13.1. The van der Waals surface area contributed by atoms with Crippen LogP contribution in [0.3, 0.4) is 0 Å². The average Bonchev–Trinajstić information content (AvgIpc) is 3.22. The van der Waals surface area contributed by atoms with Crippen LogP contribution in [-0.2, 0) is 9.53 Å². The minimum Gasteiger partial charge on any atom is -0.390 e. The normalized spacial score (nSPS) is 20.1. The molecule has 7 heteroatoms. The Balaban J connectivity index is 2.19. The number of aliphatic hydroxyl groups is 5. The van der Waals surface area contributed by atoms with E-state index >= 15 is 0 Å². The highest BCUT2D eigenvalue weighted by molar-refractivity contribution is 5.78. The first kappa shape index (κ1) is 55.4. The van der Waals surface area contributed by atoms with E-state index in [1.807, 2.05) is 0 Å². The molecule has 0 saturated heterocycles. The van der Waals surface area contributed by atoms with Gasteiger partial charge in [0.2, 0.25) is 0 Å². The number of ether oxygens (including phenoxy) is 1. The van der Waals surface area contributed by atoms with Crippen molar-refractivity contribution in [1.82, 2.24) is 0 Å². The van der Waals surface area contributed by atoms with Crippen molar-refractivity contribution in [2.75, 3.05) is 6.61 Å². The van der Waals surface area contributed by atoms with Gasteiger partial charge in [0.1, 0.15) is 18.0 Å². The van der Waals surface area contributed by atoms with E-state index in [0.717, 1.165) is 38.5 Å². The molecule has 0 aromatic carbocycles. The van der Waals surface area contributed by atoms with Gasteiger partial charge in [0.25, 0.3) is 0 Å². The first-order valence-electron chi connectivity index (χ1n) is 25.8. The fourth-order valence-electron chi connectivity index (χ4n) is 9.01. The number of ketones is 1. The molecule has 1 fully saturated rings. The highest BCUT2D eigenvalue weighted by Crippen LogP contribution is 2.26. The number of hydrogen-bond donors (Lipinski definition) is 5. The highest BCUT2D eigenvalue weighted by Gasteiger charge is 2.38. The third-order valence-corrected chi connectivity index (χ3v) is 13.2. The number of aliphatic hydroxyl groups excluding tert-OH is 5. The Bertz CT molecular complexity index is 870. The smallest absolute Gasteiger partial charge is 0.133 e. The summed E-state index contributed by atoms with van der Waals surface area (Å²) in [6.45, 7) is 4.56. The Hall–Kier alpha value is -0.570. The second-order valence-corrected chi connectivity index (χ2v) is 18.8. The molecule has 1 rings (SSSR count). The summed E-state index contributed by atoms with van der Waals surface area (Å²) in [5, 5.41) is 52.7. The molecule has 0 aliphatic heterocycles. The fourth-order valence-corrected chi connectivity index (χ4v) is 9.01. The summed E-state index contributed by atoms with van der Waals surface area (Å²) >= 11 is 0. The quantitative estimate of drug-likeness (QED) is 0.0387. The van der Waals surface area contributed by atoms with E-state index in [1.54, 1.807) is 0 Å². The van der Waals surface area contributed by atoms with E-state index < -0.39 is 42.5 Å². The molecule has 0 unspecified atom stereocenters. The second kappa shape index (κ2) is 40.5. The summed E-state index contributed by atoms with van der Waals surface area (Å²) in [4.78, 5) is 13.1. The molecular weight excluding hydrogens is 725 g/mol. The molecule has 58 heavy (non-hydrogen) atoms. The molecule has 7 nitrogen and oxygen atoms in total. The maximum Gasteiger partial charge on any atom is 0.133 e. The van der Waals surface area contributed by atoms with Crippen LogP contribution in [-0.4, -0.2) is 74.5 Å². The lowest BCUT2D eigenvalue weighted by molar-refractivity contribution is -0.163. The Labute approximate surface area is 359 Å². The van der Waals surface area contributed by atoms with Crippen molar-refractivity contribution in [1.29, 1.82) is 0 Å². The van der Waals surface area contributed by atoms with E-state index in [9.17, 15) is 30.3 Å². The van der Waals surface area contributed by atoms with Crippen molar-refractivity contribution in [2.45, 2.75) is 307 Å². The van der Waals surface area contributed by atoms with E-state index in [0.29, 0.717) is 25.7 Å². The lowest BCUT2D eigenvalue weighted by atomic mass is 9.88. The summed E-state index contributed by atoms with van der Waals surface area (Å²) in [6, 6.07) is 0. The fraction of sp³-hybridized carbons (Fsp3) is 0.980. The largest absolute Gasteiger partial charge is 0.390 e. The molecule has 0 amide bonds. The molecule has 7 atom stereocenters. The van der Waals surface area contributed by atoms with Crippen LogP contribution in [0.5, 0.6) is 0 Å². The molecule has 0 radical (unpaired) electrons. The first-order valence-corrected chi connectivity index (χ1v) is 25.8. The lowest BCUT2D eigenvalue weighted by Crippen LogP contribution is -2.50. The van der Waals surface area contributed by atoms with Gasteiger partial charge in [0, 0.05) is 18.8 Å². The zero-order valence-electron chi connectivity index (χ0n) is 38.6. The van der Waals surface area contributed by atoms with Gasteiger partial charge in [0.05, 0.1) is 31.0 Å². The topological polar surface area (TPSA) is 127 Å². The van der Waals surface area contributed by atoms with Crippen LogP contribution in [0.1, 0.15) is 271 Å². The summed E-state index contributed by atoms with van der Waals surface area (Å²) in [6.07, 6.45) is 41.2. The molecule has 5 N–H and O–H groups in total. The third-order valence-electron chi connectivity index (χ3n) is 13.2. The lowest BCUT2D eigenvalue weighted by Gasteiger charge is -2.36. The van der Waals surface area contributed by atoms with Crippen molar-refractivity contribution < 1.29 is 35.1 Å². The minimum absolute atomic E-state index is 0.0202. The molecule has 1 aliphatic rings. The summed E-state index contributed by atoms with van der Waals surface area (Å²) < 4.78 is 5.98. The van der Waals surface area contributed by atoms with Crippen molar-refractivity contribution in [3.63, 3.8) is 0 Å². The van der Waals surface area contributed by atoms with Gasteiger partial charge in [-0.25, -0.2) is 0 Å². The van der Waals surface area contributed by atoms with Crippen LogP contribution in [0.25, 0.3) is 0 Å². The predicted molar refractivity (Wildman–Crippen MR) is 244 cm³/mol. The second-order valence-electron chi connectivity index (χ2n) is 18.8. The Kier molecular flexibility index (Phi) is 38.7. The molecular formula is C51H100O7. The molecule has 1 aliphatic carbocycles. The van der Waals surface area contributed by atoms with Crippen LogP contribution in [0.4, 0.5) is 0 Å². The minimum atomic E-state index is -1.28. The molecule has 0 bridgehead atoms. The van der Waals surface area contributed by atoms with Crippen LogP contribution in [0.15, 0.2) is 0 Å². The molecule has 0 aromatic rings. The standard InChI is InChI=1S/C51H100O7/c1-3-5-7-9-11-13-15-17-18-19-20-21-22-23-24-25-26-27-28-30-32-34-36-38-45(52)42-44(43-58-48-41-40-47(54)50(56)51(48)57)49(55)46(53)39-37-35-33-31-29-16-14-12-10-8-6-4-2/h44,46-51,53-57H,3-43H2,1-2H3/t44-,46+,47+,48+,49-,50+,51+/m1/s1. The number of hydrogen-bond acceptors (Lipinski definition) is 7. The van der Waals surface area contributed by atoms with Gasteiger partial charge >= 0.3 is 0 Å². The number of unbranched alkanes of at least 4 members (excludes halogenated alkanes) is 33. The van der Waals surface area contributed by atoms with Crippen molar-refractivity contribution in [2.24, 2.45) is 5.92 Å². The van der Waals surface area contributed by atoms with Crippen molar-refractivity contribution >= 4 is 5.78 Å². The molecule has 0 aromatic heterocycles. The molecule has 1 saturated carbocycles. The Morgan fingerprint density at radius 2 is 0.828 bits per heavy atom. The first-order chi connectivity index (χ1) is 28.3. The van der Waals surface area contributed by atoms with E-state index in [2.05, 4.69) is 13.8 Å². The summed E-state index contributed by atoms with van der Waals surface area (Å²) in [5.74, 6) is -0.506. The monoisotopic (exact) mass is 825 g/mol. The van der Waals surface area contributed by atoms with E-state index in [1.165, 1.54) is 186 Å². The number of Topliss-reactive ketones (excluding diaryl/α,β-unsaturated/α-hetero) is 1. The highest BCUT2D eigenvalue weighted by atomic mass is 16.5. The average molecular weight is 825 g/mol.